The molecule has 1 aromatic carbocycles. The highest BCUT2D eigenvalue weighted by Gasteiger charge is 2.10. The Hall–Kier alpha value is -1.22. The smallest absolute Gasteiger partial charge is 0.0452 e. The second kappa shape index (κ2) is 4.86. The number of terminal acetylenes is 1. The van der Waals surface area contributed by atoms with Crippen molar-refractivity contribution in [2.75, 3.05) is 0 Å². The van der Waals surface area contributed by atoms with E-state index in [1.165, 1.54) is 16.7 Å². The van der Waals surface area contributed by atoms with Gasteiger partial charge in [0, 0.05) is 5.92 Å². The topological polar surface area (TPSA) is 0 Å². The summed E-state index contributed by atoms with van der Waals surface area (Å²) in [5.41, 5.74) is 4.01. The summed E-state index contributed by atoms with van der Waals surface area (Å²) in [5.74, 6) is 3.18. The molecule has 1 aromatic rings. The number of hydrogen-bond acceptors (Lipinski definition) is 0. The zero-order valence-corrected chi connectivity index (χ0v) is 9.30. The first kappa shape index (κ1) is 10.9. The fourth-order valence-corrected chi connectivity index (χ4v) is 1.77. The van der Waals surface area contributed by atoms with Gasteiger partial charge in [-0.15, -0.1) is 6.42 Å². The van der Waals surface area contributed by atoms with Crippen LogP contribution in [0, 0.1) is 26.2 Å². The lowest BCUT2D eigenvalue weighted by molar-refractivity contribution is 0.730. The van der Waals surface area contributed by atoms with Gasteiger partial charge in [-0.05, 0) is 37.0 Å². The van der Waals surface area contributed by atoms with E-state index >= 15 is 0 Å². The highest BCUT2D eigenvalue weighted by molar-refractivity contribution is 5.38. The predicted molar refractivity (Wildman–Crippen MR) is 62.4 cm³/mol. The normalized spacial score (nSPS) is 12.1. The third-order valence-corrected chi connectivity index (χ3v) is 2.80. The predicted octanol–water partition coefficient (Wildman–Crippen LogP) is 3.82. The van der Waals surface area contributed by atoms with Gasteiger partial charge < -0.3 is 0 Å². The van der Waals surface area contributed by atoms with Crippen molar-refractivity contribution in [3.05, 3.63) is 34.9 Å². The van der Waals surface area contributed by atoms with Crippen LogP contribution in [0.1, 0.15) is 42.4 Å². The van der Waals surface area contributed by atoms with E-state index in [-0.39, 0.29) is 0 Å². The molecule has 0 bridgehead atoms. The Labute approximate surface area is 87.4 Å². The van der Waals surface area contributed by atoms with Crippen LogP contribution < -0.4 is 0 Å². The SMILES string of the molecule is C#CC(CCC)c1cccc(C)c1C. The van der Waals surface area contributed by atoms with Crippen molar-refractivity contribution in [2.24, 2.45) is 0 Å². The molecule has 0 N–H and O–H groups in total. The van der Waals surface area contributed by atoms with Crippen LogP contribution in [0.25, 0.3) is 0 Å². The van der Waals surface area contributed by atoms with E-state index in [1.807, 2.05) is 0 Å². The molecular formula is C14H18. The largest absolute Gasteiger partial charge is 0.119 e. The van der Waals surface area contributed by atoms with Crippen molar-refractivity contribution < 1.29 is 0 Å². The molecule has 0 spiro atoms. The monoisotopic (exact) mass is 186 g/mol. The summed E-state index contributed by atoms with van der Waals surface area (Å²) in [6.07, 6.45) is 7.79. The van der Waals surface area contributed by atoms with Gasteiger partial charge in [0.1, 0.15) is 0 Å². The summed E-state index contributed by atoms with van der Waals surface area (Å²) in [5, 5.41) is 0. The maximum atomic E-state index is 5.56. The lowest BCUT2D eigenvalue weighted by atomic mass is 9.90. The summed E-state index contributed by atoms with van der Waals surface area (Å²) in [6.45, 7) is 6.47. The van der Waals surface area contributed by atoms with Crippen molar-refractivity contribution in [3.8, 4) is 12.3 Å². The molecule has 0 fully saturated rings. The molecule has 74 valence electrons. The maximum Gasteiger partial charge on any atom is 0.0452 e. The number of rotatable bonds is 3. The third-order valence-electron chi connectivity index (χ3n) is 2.80. The van der Waals surface area contributed by atoms with Gasteiger partial charge in [-0.2, -0.15) is 0 Å². The molecule has 0 aliphatic rings. The molecule has 0 nitrogen and oxygen atoms in total. The summed E-state index contributed by atoms with van der Waals surface area (Å²) in [4.78, 5) is 0. The minimum atomic E-state index is 0.292. The minimum Gasteiger partial charge on any atom is -0.119 e. The van der Waals surface area contributed by atoms with Crippen molar-refractivity contribution in [2.45, 2.75) is 39.5 Å². The van der Waals surface area contributed by atoms with Crippen LogP contribution in [0.2, 0.25) is 0 Å². The Morgan fingerprint density at radius 3 is 2.64 bits per heavy atom. The molecular weight excluding hydrogens is 168 g/mol. The molecule has 0 saturated heterocycles. The summed E-state index contributed by atoms with van der Waals surface area (Å²) < 4.78 is 0. The first-order valence-corrected chi connectivity index (χ1v) is 5.23. The van der Waals surface area contributed by atoms with Crippen molar-refractivity contribution >= 4 is 0 Å². The van der Waals surface area contributed by atoms with Crippen LogP contribution in [-0.4, -0.2) is 0 Å². The Morgan fingerprint density at radius 2 is 2.07 bits per heavy atom. The van der Waals surface area contributed by atoms with E-state index in [4.69, 9.17) is 6.42 Å². The summed E-state index contributed by atoms with van der Waals surface area (Å²) in [7, 11) is 0. The number of benzene rings is 1. The van der Waals surface area contributed by atoms with Crippen LogP contribution in [-0.2, 0) is 0 Å². The lowest BCUT2D eigenvalue weighted by Gasteiger charge is -2.14. The van der Waals surface area contributed by atoms with Gasteiger partial charge in [0.2, 0.25) is 0 Å². The molecule has 1 unspecified atom stereocenters. The first-order valence-electron chi connectivity index (χ1n) is 5.23. The molecule has 0 aliphatic heterocycles. The third kappa shape index (κ3) is 2.17. The molecule has 0 heterocycles. The van der Waals surface area contributed by atoms with E-state index in [1.54, 1.807) is 0 Å². The molecule has 0 radical (unpaired) electrons. The summed E-state index contributed by atoms with van der Waals surface area (Å²) >= 11 is 0. The standard InChI is InChI=1S/C14H18/c1-5-8-13(6-2)14-10-7-9-11(3)12(14)4/h2,7,9-10,13H,5,8H2,1,3-4H3. The number of hydrogen-bond donors (Lipinski definition) is 0. The molecule has 0 aromatic heterocycles. The van der Waals surface area contributed by atoms with E-state index in [9.17, 15) is 0 Å². The lowest BCUT2D eigenvalue weighted by Crippen LogP contribution is -1.99. The van der Waals surface area contributed by atoms with Gasteiger partial charge in [-0.3, -0.25) is 0 Å². The highest BCUT2D eigenvalue weighted by atomic mass is 14.1. The molecule has 1 atom stereocenters. The van der Waals surface area contributed by atoms with Crippen molar-refractivity contribution in [1.82, 2.24) is 0 Å². The van der Waals surface area contributed by atoms with Crippen LogP contribution in [0.3, 0.4) is 0 Å². The Morgan fingerprint density at radius 1 is 1.36 bits per heavy atom. The maximum absolute atomic E-state index is 5.56. The number of aryl methyl sites for hydroxylation is 1. The van der Waals surface area contributed by atoms with Gasteiger partial charge >= 0.3 is 0 Å². The molecule has 0 aliphatic carbocycles. The van der Waals surface area contributed by atoms with E-state index in [0.29, 0.717) is 5.92 Å². The van der Waals surface area contributed by atoms with Crippen LogP contribution in [0.4, 0.5) is 0 Å². The van der Waals surface area contributed by atoms with Gasteiger partial charge in [-0.1, -0.05) is 37.5 Å². The Balaban J connectivity index is 3.05. The van der Waals surface area contributed by atoms with Crippen molar-refractivity contribution in [1.29, 1.82) is 0 Å². The second-order valence-electron chi connectivity index (χ2n) is 3.80. The highest BCUT2D eigenvalue weighted by Crippen LogP contribution is 2.25. The fraction of sp³-hybridized carbons (Fsp3) is 0.429. The van der Waals surface area contributed by atoms with E-state index < -0.39 is 0 Å². The Bertz CT molecular complexity index is 342. The molecule has 0 heteroatoms. The van der Waals surface area contributed by atoms with Crippen molar-refractivity contribution in [3.63, 3.8) is 0 Å². The first-order chi connectivity index (χ1) is 6.70. The fourth-order valence-electron chi connectivity index (χ4n) is 1.77. The molecule has 0 amide bonds. The second-order valence-corrected chi connectivity index (χ2v) is 3.80. The molecule has 0 saturated carbocycles. The van der Waals surface area contributed by atoms with Gasteiger partial charge in [0.15, 0.2) is 0 Å². The average Bonchev–Trinajstić information content (AvgIpc) is 2.19. The van der Waals surface area contributed by atoms with Crippen LogP contribution in [0.15, 0.2) is 18.2 Å². The zero-order valence-electron chi connectivity index (χ0n) is 9.30. The van der Waals surface area contributed by atoms with Gasteiger partial charge in [0.25, 0.3) is 0 Å². The molecule has 14 heavy (non-hydrogen) atoms. The zero-order chi connectivity index (χ0) is 10.6. The summed E-state index contributed by atoms with van der Waals surface area (Å²) in [6, 6.07) is 6.39. The van der Waals surface area contributed by atoms with E-state index in [0.717, 1.165) is 12.8 Å². The van der Waals surface area contributed by atoms with Crippen LogP contribution in [0.5, 0.6) is 0 Å². The van der Waals surface area contributed by atoms with Gasteiger partial charge in [-0.25, -0.2) is 0 Å². The minimum absolute atomic E-state index is 0.292. The van der Waals surface area contributed by atoms with E-state index in [2.05, 4.69) is 44.9 Å². The average molecular weight is 186 g/mol. The van der Waals surface area contributed by atoms with Gasteiger partial charge in [0.05, 0.1) is 0 Å². The quantitative estimate of drug-likeness (QED) is 0.629. The van der Waals surface area contributed by atoms with Crippen LogP contribution >= 0.6 is 0 Å². The Kier molecular flexibility index (Phi) is 3.77. The molecule has 1 rings (SSSR count).